The molecular weight excluding hydrogens is 396 g/mol. The van der Waals surface area contributed by atoms with Crippen LogP contribution in [0.25, 0.3) is 6.08 Å². The van der Waals surface area contributed by atoms with Gasteiger partial charge in [-0.15, -0.1) is 0 Å². The molecule has 0 saturated heterocycles. The standard InChI is InChI=1S/C14H22N2O.C6H8O7/c1-11(2)17-14-8-13(9-16-10-14)7-5-6-12(3)15-4;7-3(8)1-6(13,5(11)12)2-4(9)10/h5,7-12,15H,6H2,1-4H3;13H,1-2H2,(H,7,8)(H,9,10)(H,11,12)/b7-5+;/t12-;/m0./s1. The summed E-state index contributed by atoms with van der Waals surface area (Å²) in [7, 11) is 1.97. The molecule has 10 heteroatoms. The average molecular weight is 426 g/mol. The second-order valence-corrected chi connectivity index (χ2v) is 6.93. The topological polar surface area (TPSA) is 166 Å². The Balaban J connectivity index is 0.000000584. The monoisotopic (exact) mass is 426 g/mol. The van der Waals surface area contributed by atoms with Crippen molar-refractivity contribution >= 4 is 24.0 Å². The zero-order chi connectivity index (χ0) is 23.3. The Labute approximate surface area is 175 Å². The minimum absolute atomic E-state index is 0.181. The first-order valence-electron chi connectivity index (χ1n) is 9.24. The highest BCUT2D eigenvalue weighted by atomic mass is 16.5. The molecule has 0 radical (unpaired) electrons. The number of nitrogens with one attached hydrogen (secondary N) is 1. The van der Waals surface area contributed by atoms with Crippen molar-refractivity contribution in [3.05, 3.63) is 30.1 Å². The third kappa shape index (κ3) is 11.8. The molecule has 1 aromatic heterocycles. The van der Waals surface area contributed by atoms with Crippen molar-refractivity contribution in [3.8, 4) is 5.75 Å². The van der Waals surface area contributed by atoms with Gasteiger partial charge in [-0.05, 0) is 45.9 Å². The van der Waals surface area contributed by atoms with Crippen molar-refractivity contribution in [2.45, 2.75) is 57.8 Å². The number of carboxylic acid groups (broad SMARTS) is 3. The molecule has 30 heavy (non-hydrogen) atoms. The minimum atomic E-state index is -2.74. The van der Waals surface area contributed by atoms with Crippen LogP contribution in [0.4, 0.5) is 0 Å². The Kier molecular flexibility index (Phi) is 12.0. The van der Waals surface area contributed by atoms with Crippen LogP contribution in [0.2, 0.25) is 0 Å². The second-order valence-electron chi connectivity index (χ2n) is 6.93. The maximum atomic E-state index is 10.3. The molecular formula is C20H30N2O8. The van der Waals surface area contributed by atoms with Crippen LogP contribution in [0.5, 0.6) is 5.75 Å². The van der Waals surface area contributed by atoms with Gasteiger partial charge in [0.05, 0.1) is 25.1 Å². The molecule has 0 aliphatic heterocycles. The Morgan fingerprint density at radius 3 is 2.13 bits per heavy atom. The summed E-state index contributed by atoms with van der Waals surface area (Å²) in [5.74, 6) is -4.20. The highest BCUT2D eigenvalue weighted by Gasteiger charge is 2.40. The summed E-state index contributed by atoms with van der Waals surface area (Å²) >= 11 is 0. The number of hydrogen-bond donors (Lipinski definition) is 5. The van der Waals surface area contributed by atoms with E-state index in [0.29, 0.717) is 6.04 Å². The van der Waals surface area contributed by atoms with Gasteiger partial charge in [0.2, 0.25) is 0 Å². The van der Waals surface area contributed by atoms with E-state index in [1.54, 1.807) is 6.20 Å². The predicted octanol–water partition coefficient (Wildman–Crippen LogP) is 1.63. The van der Waals surface area contributed by atoms with Gasteiger partial charge >= 0.3 is 17.9 Å². The maximum Gasteiger partial charge on any atom is 0.336 e. The quantitative estimate of drug-likeness (QED) is 0.351. The lowest BCUT2D eigenvalue weighted by molar-refractivity contribution is -0.170. The van der Waals surface area contributed by atoms with Crippen LogP contribution >= 0.6 is 0 Å². The summed E-state index contributed by atoms with van der Waals surface area (Å²) in [6.45, 7) is 6.18. The van der Waals surface area contributed by atoms with E-state index in [1.807, 2.05) is 33.2 Å². The first-order chi connectivity index (χ1) is 13.9. The van der Waals surface area contributed by atoms with Crippen molar-refractivity contribution < 1.29 is 39.5 Å². The first kappa shape index (κ1) is 27.0. The number of aromatic nitrogens is 1. The number of aliphatic carboxylic acids is 3. The van der Waals surface area contributed by atoms with Crippen LogP contribution in [0.1, 0.15) is 45.6 Å². The molecule has 1 rings (SSSR count). The number of carbonyl (C=O) groups is 3. The molecule has 168 valence electrons. The molecule has 1 atom stereocenters. The fraction of sp³-hybridized carbons (Fsp3) is 0.500. The summed E-state index contributed by atoms with van der Waals surface area (Å²) in [6, 6.07) is 2.50. The number of hydrogen-bond acceptors (Lipinski definition) is 7. The number of carboxylic acids is 3. The summed E-state index contributed by atoms with van der Waals surface area (Å²) < 4.78 is 5.59. The molecule has 1 aromatic rings. The van der Waals surface area contributed by atoms with E-state index in [-0.39, 0.29) is 6.10 Å². The molecule has 0 spiro atoms. The van der Waals surface area contributed by atoms with Crippen molar-refractivity contribution in [2.24, 2.45) is 0 Å². The SMILES string of the molecule is CN[C@@H](C)C/C=C/c1cncc(OC(C)C)c1.O=C(O)CC(O)(CC(=O)O)C(=O)O. The molecule has 0 amide bonds. The van der Waals surface area contributed by atoms with Crippen LogP contribution < -0.4 is 10.1 Å². The van der Waals surface area contributed by atoms with E-state index < -0.39 is 36.4 Å². The molecule has 10 nitrogen and oxygen atoms in total. The van der Waals surface area contributed by atoms with Gasteiger partial charge in [0.1, 0.15) is 5.75 Å². The summed E-state index contributed by atoms with van der Waals surface area (Å²) in [6.07, 6.45) is 6.71. The van der Waals surface area contributed by atoms with Crippen molar-refractivity contribution in [1.29, 1.82) is 0 Å². The molecule has 5 N–H and O–H groups in total. The van der Waals surface area contributed by atoms with E-state index in [4.69, 9.17) is 25.2 Å². The van der Waals surface area contributed by atoms with Crippen molar-refractivity contribution in [2.75, 3.05) is 7.05 Å². The lowest BCUT2D eigenvalue weighted by Crippen LogP contribution is -2.42. The zero-order valence-electron chi connectivity index (χ0n) is 17.5. The van der Waals surface area contributed by atoms with Gasteiger partial charge in [-0.2, -0.15) is 0 Å². The predicted molar refractivity (Wildman–Crippen MR) is 109 cm³/mol. The van der Waals surface area contributed by atoms with Gasteiger partial charge in [0, 0.05) is 12.2 Å². The van der Waals surface area contributed by atoms with Crippen molar-refractivity contribution in [1.82, 2.24) is 10.3 Å². The fourth-order valence-corrected chi connectivity index (χ4v) is 2.10. The fourth-order valence-electron chi connectivity index (χ4n) is 2.10. The largest absolute Gasteiger partial charge is 0.489 e. The Morgan fingerprint density at radius 2 is 1.70 bits per heavy atom. The number of nitrogens with zero attached hydrogens (tertiary/aromatic N) is 1. The van der Waals surface area contributed by atoms with Gasteiger partial charge < -0.3 is 30.5 Å². The average Bonchev–Trinajstić information content (AvgIpc) is 2.60. The van der Waals surface area contributed by atoms with Gasteiger partial charge in [0.25, 0.3) is 0 Å². The van der Waals surface area contributed by atoms with Crippen LogP contribution in [-0.4, -0.2) is 68.1 Å². The Bertz CT molecular complexity index is 717. The van der Waals surface area contributed by atoms with Gasteiger partial charge in [-0.1, -0.05) is 12.2 Å². The highest BCUT2D eigenvalue weighted by molar-refractivity contribution is 5.88. The van der Waals surface area contributed by atoms with Gasteiger partial charge in [-0.3, -0.25) is 14.6 Å². The smallest absolute Gasteiger partial charge is 0.336 e. The normalized spacial score (nSPS) is 12.2. The second kappa shape index (κ2) is 13.3. The molecule has 0 saturated carbocycles. The number of pyridine rings is 1. The third-order valence-corrected chi connectivity index (χ3v) is 3.68. The Morgan fingerprint density at radius 1 is 1.13 bits per heavy atom. The molecule has 0 aliphatic carbocycles. The number of ether oxygens (including phenoxy) is 1. The van der Waals surface area contributed by atoms with Crippen LogP contribution in [0.3, 0.4) is 0 Å². The molecule has 0 aromatic carbocycles. The van der Waals surface area contributed by atoms with Gasteiger partial charge in [0.15, 0.2) is 5.60 Å². The maximum absolute atomic E-state index is 10.3. The number of rotatable bonds is 11. The highest BCUT2D eigenvalue weighted by Crippen LogP contribution is 2.16. The number of aliphatic hydroxyl groups is 1. The molecule has 1 heterocycles. The minimum Gasteiger partial charge on any atom is -0.489 e. The Hall–Kier alpha value is -2.98. The molecule has 0 unspecified atom stereocenters. The van der Waals surface area contributed by atoms with E-state index in [1.165, 1.54) is 0 Å². The van der Waals surface area contributed by atoms with Gasteiger partial charge in [-0.25, -0.2) is 4.79 Å². The summed E-state index contributed by atoms with van der Waals surface area (Å²) in [4.78, 5) is 34.6. The van der Waals surface area contributed by atoms with Crippen LogP contribution in [0, 0.1) is 0 Å². The van der Waals surface area contributed by atoms with E-state index in [0.717, 1.165) is 17.7 Å². The summed E-state index contributed by atoms with van der Waals surface area (Å²) in [5, 5.41) is 37.0. The van der Waals surface area contributed by atoms with Crippen molar-refractivity contribution in [3.63, 3.8) is 0 Å². The van der Waals surface area contributed by atoms with Crippen LogP contribution in [0.15, 0.2) is 24.5 Å². The molecule has 0 fully saturated rings. The van der Waals surface area contributed by atoms with E-state index >= 15 is 0 Å². The third-order valence-electron chi connectivity index (χ3n) is 3.68. The first-order valence-corrected chi connectivity index (χ1v) is 9.24. The lowest BCUT2D eigenvalue weighted by Gasteiger charge is -2.18. The molecule has 0 aliphatic rings. The lowest BCUT2D eigenvalue weighted by atomic mass is 9.96. The van der Waals surface area contributed by atoms with Crippen LogP contribution in [-0.2, 0) is 14.4 Å². The van der Waals surface area contributed by atoms with E-state index in [9.17, 15) is 14.4 Å². The summed E-state index contributed by atoms with van der Waals surface area (Å²) in [5.41, 5.74) is -1.66. The van der Waals surface area contributed by atoms with E-state index in [2.05, 4.69) is 29.4 Å². The zero-order valence-corrected chi connectivity index (χ0v) is 17.5. The molecule has 0 bridgehead atoms.